The largest absolute Gasteiger partial charge is 0.394 e. The lowest BCUT2D eigenvalue weighted by Gasteiger charge is -2.09. The summed E-state index contributed by atoms with van der Waals surface area (Å²) in [6.45, 7) is 1.86. The number of nitrogen functional groups attached to an aromatic ring is 1. The second kappa shape index (κ2) is 4.70. The Morgan fingerprint density at radius 1 is 1.50 bits per heavy atom. The lowest BCUT2D eigenvalue weighted by Crippen LogP contribution is -2.01. The third-order valence-electron chi connectivity index (χ3n) is 2.62. The SMILES string of the molecule is Cc1nn(C)c(Nc2ccc(C#N)cc2Br)c1N. The van der Waals surface area contributed by atoms with Crippen LogP contribution in [0.15, 0.2) is 22.7 Å². The summed E-state index contributed by atoms with van der Waals surface area (Å²) in [5, 5.41) is 16.2. The van der Waals surface area contributed by atoms with E-state index in [9.17, 15) is 0 Å². The van der Waals surface area contributed by atoms with Crippen molar-refractivity contribution in [3.05, 3.63) is 33.9 Å². The van der Waals surface area contributed by atoms with Crippen LogP contribution in [0, 0.1) is 18.3 Å². The Morgan fingerprint density at radius 3 is 2.72 bits per heavy atom. The number of hydrogen-bond acceptors (Lipinski definition) is 4. The van der Waals surface area contributed by atoms with Crippen molar-refractivity contribution < 1.29 is 0 Å². The Hall–Kier alpha value is -2.00. The van der Waals surface area contributed by atoms with Crippen molar-refractivity contribution in [2.75, 3.05) is 11.1 Å². The molecule has 18 heavy (non-hydrogen) atoms. The van der Waals surface area contributed by atoms with E-state index in [0.717, 1.165) is 21.7 Å². The van der Waals surface area contributed by atoms with E-state index in [1.807, 2.05) is 20.0 Å². The van der Waals surface area contributed by atoms with Crippen molar-refractivity contribution in [1.29, 1.82) is 5.26 Å². The topological polar surface area (TPSA) is 79.7 Å². The summed E-state index contributed by atoms with van der Waals surface area (Å²) >= 11 is 3.42. The van der Waals surface area contributed by atoms with Crippen LogP contribution in [-0.2, 0) is 7.05 Å². The van der Waals surface area contributed by atoms with Gasteiger partial charge in [0.25, 0.3) is 0 Å². The second-order valence-corrected chi connectivity index (χ2v) is 4.76. The predicted octanol–water partition coefficient (Wildman–Crippen LogP) is 2.69. The van der Waals surface area contributed by atoms with Gasteiger partial charge < -0.3 is 11.1 Å². The van der Waals surface area contributed by atoms with Gasteiger partial charge in [-0.3, -0.25) is 4.68 Å². The third-order valence-corrected chi connectivity index (χ3v) is 3.28. The molecule has 0 saturated carbocycles. The van der Waals surface area contributed by atoms with E-state index >= 15 is 0 Å². The molecule has 1 aromatic heterocycles. The van der Waals surface area contributed by atoms with Crippen LogP contribution in [0.1, 0.15) is 11.3 Å². The van der Waals surface area contributed by atoms with E-state index in [4.69, 9.17) is 11.0 Å². The first-order chi connectivity index (χ1) is 8.52. The number of nitrogens with one attached hydrogen (secondary N) is 1. The van der Waals surface area contributed by atoms with Crippen LogP contribution in [0.5, 0.6) is 0 Å². The zero-order valence-corrected chi connectivity index (χ0v) is 11.6. The van der Waals surface area contributed by atoms with E-state index in [0.29, 0.717) is 11.3 Å². The highest BCUT2D eigenvalue weighted by Crippen LogP contribution is 2.30. The van der Waals surface area contributed by atoms with Crippen LogP contribution in [-0.4, -0.2) is 9.78 Å². The molecule has 5 nitrogen and oxygen atoms in total. The Balaban J connectivity index is 2.38. The number of rotatable bonds is 2. The van der Waals surface area contributed by atoms with Crippen LogP contribution in [0.4, 0.5) is 17.2 Å². The van der Waals surface area contributed by atoms with Crippen LogP contribution in [0.25, 0.3) is 0 Å². The smallest absolute Gasteiger partial charge is 0.152 e. The molecule has 0 amide bonds. The first-order valence-corrected chi connectivity index (χ1v) is 6.08. The number of anilines is 3. The van der Waals surface area contributed by atoms with Crippen LogP contribution in [0.3, 0.4) is 0 Å². The average Bonchev–Trinajstić information content (AvgIpc) is 2.58. The minimum Gasteiger partial charge on any atom is -0.394 e. The zero-order chi connectivity index (χ0) is 13.3. The number of benzene rings is 1. The Kier molecular flexibility index (Phi) is 3.26. The van der Waals surface area contributed by atoms with E-state index in [1.54, 1.807) is 16.8 Å². The van der Waals surface area contributed by atoms with Crippen LogP contribution < -0.4 is 11.1 Å². The molecule has 0 atom stereocenters. The minimum absolute atomic E-state index is 0.599. The number of nitrogens with two attached hydrogens (primary N) is 1. The Morgan fingerprint density at radius 2 is 2.22 bits per heavy atom. The molecule has 2 rings (SSSR count). The summed E-state index contributed by atoms with van der Waals surface area (Å²) in [6.07, 6.45) is 0. The first-order valence-electron chi connectivity index (χ1n) is 5.28. The fourth-order valence-electron chi connectivity index (χ4n) is 1.64. The average molecular weight is 306 g/mol. The van der Waals surface area contributed by atoms with Crippen LogP contribution in [0.2, 0.25) is 0 Å². The number of nitriles is 1. The fourth-order valence-corrected chi connectivity index (χ4v) is 2.11. The highest BCUT2D eigenvalue weighted by Gasteiger charge is 2.11. The highest BCUT2D eigenvalue weighted by molar-refractivity contribution is 9.10. The third kappa shape index (κ3) is 2.17. The molecular formula is C12H12BrN5. The molecule has 0 bridgehead atoms. The summed E-state index contributed by atoms with van der Waals surface area (Å²) < 4.78 is 2.50. The highest BCUT2D eigenvalue weighted by atomic mass is 79.9. The van der Waals surface area contributed by atoms with Gasteiger partial charge in [0.15, 0.2) is 5.82 Å². The molecule has 1 aromatic carbocycles. The van der Waals surface area contributed by atoms with Gasteiger partial charge in [-0.15, -0.1) is 0 Å². The maximum Gasteiger partial charge on any atom is 0.152 e. The normalized spacial score (nSPS) is 10.1. The maximum atomic E-state index is 8.81. The van der Waals surface area contributed by atoms with Gasteiger partial charge in [0.2, 0.25) is 0 Å². The van der Waals surface area contributed by atoms with Crippen LogP contribution >= 0.6 is 15.9 Å². The summed E-state index contributed by atoms with van der Waals surface area (Å²) in [5.41, 5.74) is 8.78. The maximum absolute atomic E-state index is 8.81. The number of halogens is 1. The molecule has 92 valence electrons. The molecular weight excluding hydrogens is 294 g/mol. The summed E-state index contributed by atoms with van der Waals surface area (Å²) in [6, 6.07) is 7.40. The van der Waals surface area contributed by atoms with Crippen molar-refractivity contribution in [3.63, 3.8) is 0 Å². The Bertz CT molecular complexity index is 639. The summed E-state index contributed by atoms with van der Waals surface area (Å²) in [7, 11) is 1.82. The first kappa shape index (κ1) is 12.5. The second-order valence-electron chi connectivity index (χ2n) is 3.90. The quantitative estimate of drug-likeness (QED) is 0.894. The van der Waals surface area contributed by atoms with Gasteiger partial charge >= 0.3 is 0 Å². The summed E-state index contributed by atoms with van der Waals surface area (Å²) in [4.78, 5) is 0. The van der Waals surface area contributed by atoms with E-state index in [-0.39, 0.29) is 0 Å². The van der Waals surface area contributed by atoms with Gasteiger partial charge in [-0.1, -0.05) is 0 Å². The minimum atomic E-state index is 0.599. The van der Waals surface area contributed by atoms with Crippen molar-refractivity contribution in [1.82, 2.24) is 9.78 Å². The molecule has 0 unspecified atom stereocenters. The molecule has 0 aliphatic carbocycles. The van der Waals surface area contributed by atoms with Crippen molar-refractivity contribution >= 4 is 33.1 Å². The lowest BCUT2D eigenvalue weighted by molar-refractivity contribution is 0.765. The number of nitrogens with zero attached hydrogens (tertiary/aromatic N) is 3. The molecule has 0 spiro atoms. The van der Waals surface area contributed by atoms with E-state index in [1.165, 1.54) is 0 Å². The number of aromatic nitrogens is 2. The molecule has 0 aliphatic heterocycles. The van der Waals surface area contributed by atoms with Gasteiger partial charge in [0.05, 0.1) is 28.7 Å². The fraction of sp³-hybridized carbons (Fsp3) is 0.167. The molecule has 0 aliphatic rings. The molecule has 0 radical (unpaired) electrons. The van der Waals surface area contributed by atoms with Crippen molar-refractivity contribution in [2.45, 2.75) is 6.92 Å². The molecule has 3 N–H and O–H groups in total. The summed E-state index contributed by atoms with van der Waals surface area (Å²) in [5.74, 6) is 0.734. The predicted molar refractivity (Wildman–Crippen MR) is 74.5 cm³/mol. The van der Waals surface area contributed by atoms with Gasteiger partial charge in [-0.05, 0) is 41.1 Å². The monoisotopic (exact) mass is 305 g/mol. The van der Waals surface area contributed by atoms with Crippen molar-refractivity contribution in [3.8, 4) is 6.07 Å². The van der Waals surface area contributed by atoms with Gasteiger partial charge in [0.1, 0.15) is 0 Å². The van der Waals surface area contributed by atoms with E-state index < -0.39 is 0 Å². The van der Waals surface area contributed by atoms with E-state index in [2.05, 4.69) is 32.4 Å². The zero-order valence-electron chi connectivity index (χ0n) is 10.0. The Labute approximate surface area is 113 Å². The molecule has 0 saturated heterocycles. The number of aryl methyl sites for hydroxylation is 2. The van der Waals surface area contributed by atoms with Gasteiger partial charge in [-0.2, -0.15) is 10.4 Å². The number of hydrogen-bond donors (Lipinski definition) is 2. The van der Waals surface area contributed by atoms with Gasteiger partial charge in [0, 0.05) is 11.5 Å². The standard InChI is InChI=1S/C12H12BrN5/c1-7-11(15)12(18(2)17-7)16-10-4-3-8(6-14)5-9(10)13/h3-5,16H,15H2,1-2H3. The molecule has 0 fully saturated rings. The van der Waals surface area contributed by atoms with Gasteiger partial charge in [-0.25, -0.2) is 0 Å². The lowest BCUT2D eigenvalue weighted by atomic mass is 10.2. The molecule has 1 heterocycles. The van der Waals surface area contributed by atoms with Crippen molar-refractivity contribution in [2.24, 2.45) is 7.05 Å². The molecule has 6 heteroatoms. The molecule has 2 aromatic rings.